The van der Waals surface area contributed by atoms with Crippen molar-refractivity contribution in [2.24, 2.45) is 5.92 Å². The van der Waals surface area contributed by atoms with Gasteiger partial charge in [0.15, 0.2) is 0 Å². The number of benzene rings is 1. The van der Waals surface area contributed by atoms with Crippen molar-refractivity contribution < 1.29 is 0 Å². The first-order chi connectivity index (χ1) is 5.86. The quantitative estimate of drug-likeness (QED) is 0.609. The summed E-state index contributed by atoms with van der Waals surface area (Å²) >= 11 is 0. The zero-order valence-electron chi connectivity index (χ0n) is 7.46. The first-order valence-electron chi connectivity index (χ1n) is 4.57. The zero-order valence-corrected chi connectivity index (χ0v) is 7.46. The molecule has 0 spiro atoms. The lowest BCUT2D eigenvalue weighted by Gasteiger charge is -2.17. The standard InChI is InChI=1S/C11H14N/c1-10-7-8-12(9-10)11-5-3-2-4-6-11/h2-3,5-6,10H,7-9H2,1H3/t10-/m1/s1. The van der Waals surface area contributed by atoms with E-state index in [0.29, 0.717) is 0 Å². The Morgan fingerprint density at radius 2 is 2.50 bits per heavy atom. The van der Waals surface area contributed by atoms with Gasteiger partial charge < -0.3 is 4.90 Å². The molecule has 0 bridgehead atoms. The van der Waals surface area contributed by atoms with Crippen molar-refractivity contribution in [1.29, 1.82) is 0 Å². The Bertz CT molecular complexity index is 242. The topological polar surface area (TPSA) is 3.24 Å². The molecule has 1 aliphatic heterocycles. The van der Waals surface area contributed by atoms with Crippen molar-refractivity contribution in [3.63, 3.8) is 0 Å². The Morgan fingerprint density at radius 3 is 3.08 bits per heavy atom. The Balaban J connectivity index is 2.11. The number of hydrogen-bond donors (Lipinski definition) is 0. The SMILES string of the molecule is C[C@@H]1CCN(c2c[c]ccc2)C1. The van der Waals surface area contributed by atoms with Crippen LogP contribution in [-0.2, 0) is 0 Å². The molecular weight excluding hydrogens is 146 g/mol. The second-order valence-electron chi connectivity index (χ2n) is 3.60. The molecule has 0 aliphatic carbocycles. The van der Waals surface area contributed by atoms with Crippen LogP contribution >= 0.6 is 0 Å². The summed E-state index contributed by atoms with van der Waals surface area (Å²) in [5, 5.41) is 0. The van der Waals surface area contributed by atoms with Crippen LogP contribution in [-0.4, -0.2) is 13.1 Å². The zero-order chi connectivity index (χ0) is 8.39. The molecule has 2 rings (SSSR count). The molecule has 0 aromatic heterocycles. The maximum absolute atomic E-state index is 3.11. The van der Waals surface area contributed by atoms with E-state index in [9.17, 15) is 0 Å². The van der Waals surface area contributed by atoms with E-state index in [1.807, 2.05) is 6.07 Å². The Hall–Kier alpha value is -0.980. The molecule has 1 aliphatic rings. The smallest absolute Gasteiger partial charge is 0.0372 e. The summed E-state index contributed by atoms with van der Waals surface area (Å²) in [6.45, 7) is 4.73. The summed E-state index contributed by atoms with van der Waals surface area (Å²) in [6, 6.07) is 11.3. The van der Waals surface area contributed by atoms with Gasteiger partial charge in [-0.1, -0.05) is 19.1 Å². The lowest BCUT2D eigenvalue weighted by molar-refractivity contribution is 0.659. The van der Waals surface area contributed by atoms with Crippen LogP contribution in [0, 0.1) is 12.0 Å². The van der Waals surface area contributed by atoms with Gasteiger partial charge in [0.1, 0.15) is 0 Å². The number of anilines is 1. The van der Waals surface area contributed by atoms with Gasteiger partial charge in [0.2, 0.25) is 0 Å². The van der Waals surface area contributed by atoms with Crippen LogP contribution in [0.2, 0.25) is 0 Å². The first-order valence-corrected chi connectivity index (χ1v) is 4.57. The van der Waals surface area contributed by atoms with Gasteiger partial charge >= 0.3 is 0 Å². The Morgan fingerprint density at radius 1 is 1.58 bits per heavy atom. The minimum atomic E-state index is 0.852. The summed E-state index contributed by atoms with van der Waals surface area (Å²) in [7, 11) is 0. The normalized spacial score (nSPS) is 23.1. The summed E-state index contributed by atoms with van der Waals surface area (Å²) in [5.74, 6) is 0.852. The fourth-order valence-corrected chi connectivity index (χ4v) is 1.75. The fraction of sp³-hybridized carbons (Fsp3) is 0.455. The highest BCUT2D eigenvalue weighted by atomic mass is 15.1. The molecule has 0 N–H and O–H groups in total. The van der Waals surface area contributed by atoms with Gasteiger partial charge in [-0.05, 0) is 30.5 Å². The summed E-state index contributed by atoms with van der Waals surface area (Å²) in [6.07, 6.45) is 1.33. The van der Waals surface area contributed by atoms with Crippen molar-refractivity contribution in [2.75, 3.05) is 18.0 Å². The maximum atomic E-state index is 3.11. The predicted molar refractivity (Wildman–Crippen MR) is 51.3 cm³/mol. The minimum absolute atomic E-state index is 0.852. The molecule has 0 saturated carbocycles. The van der Waals surface area contributed by atoms with E-state index in [4.69, 9.17) is 0 Å². The third-order valence-corrected chi connectivity index (χ3v) is 2.48. The summed E-state index contributed by atoms with van der Waals surface area (Å²) < 4.78 is 0. The van der Waals surface area contributed by atoms with Crippen LogP contribution in [0.25, 0.3) is 0 Å². The second kappa shape index (κ2) is 3.18. The van der Waals surface area contributed by atoms with Gasteiger partial charge in [-0.3, -0.25) is 0 Å². The largest absolute Gasteiger partial charge is 0.371 e. The van der Waals surface area contributed by atoms with Crippen molar-refractivity contribution in [1.82, 2.24) is 0 Å². The van der Waals surface area contributed by atoms with E-state index in [1.54, 1.807) is 0 Å². The van der Waals surface area contributed by atoms with Crippen molar-refractivity contribution in [3.05, 3.63) is 30.3 Å². The maximum Gasteiger partial charge on any atom is 0.0372 e. The van der Waals surface area contributed by atoms with Crippen molar-refractivity contribution in [2.45, 2.75) is 13.3 Å². The van der Waals surface area contributed by atoms with Gasteiger partial charge in [0.25, 0.3) is 0 Å². The van der Waals surface area contributed by atoms with Crippen LogP contribution in [0.4, 0.5) is 5.69 Å². The van der Waals surface area contributed by atoms with E-state index in [-0.39, 0.29) is 0 Å². The lowest BCUT2D eigenvalue weighted by Crippen LogP contribution is -2.18. The Kier molecular flexibility index (Phi) is 2.03. The van der Waals surface area contributed by atoms with Crippen LogP contribution in [0.15, 0.2) is 24.3 Å². The van der Waals surface area contributed by atoms with E-state index < -0.39 is 0 Å². The molecule has 1 saturated heterocycles. The highest BCUT2D eigenvalue weighted by Gasteiger charge is 2.17. The average molecular weight is 160 g/mol. The highest BCUT2D eigenvalue weighted by molar-refractivity contribution is 5.46. The lowest BCUT2D eigenvalue weighted by atomic mass is 10.2. The Labute approximate surface area is 74.0 Å². The van der Waals surface area contributed by atoms with E-state index in [0.717, 1.165) is 5.92 Å². The van der Waals surface area contributed by atoms with Gasteiger partial charge in [-0.15, -0.1) is 0 Å². The molecule has 1 aromatic carbocycles. The van der Waals surface area contributed by atoms with Crippen LogP contribution in [0.3, 0.4) is 0 Å². The number of nitrogens with zero attached hydrogens (tertiary/aromatic N) is 1. The number of hydrogen-bond acceptors (Lipinski definition) is 1. The molecule has 1 heteroatoms. The molecule has 1 atom stereocenters. The first kappa shape index (κ1) is 7.66. The summed E-state index contributed by atoms with van der Waals surface area (Å²) in [5.41, 5.74) is 1.32. The molecular formula is C11H14N. The third kappa shape index (κ3) is 1.45. The molecule has 0 unspecified atom stereocenters. The van der Waals surface area contributed by atoms with Crippen LogP contribution in [0.1, 0.15) is 13.3 Å². The predicted octanol–water partition coefficient (Wildman–Crippen LogP) is 2.33. The average Bonchev–Trinajstić information content (AvgIpc) is 2.54. The molecule has 1 fully saturated rings. The monoisotopic (exact) mass is 160 g/mol. The van der Waals surface area contributed by atoms with Gasteiger partial charge in [0.05, 0.1) is 0 Å². The highest BCUT2D eigenvalue weighted by Crippen LogP contribution is 2.22. The van der Waals surface area contributed by atoms with Crippen molar-refractivity contribution in [3.8, 4) is 0 Å². The number of rotatable bonds is 1. The molecule has 63 valence electrons. The minimum Gasteiger partial charge on any atom is -0.371 e. The van der Waals surface area contributed by atoms with E-state index in [1.165, 1.54) is 25.2 Å². The fourth-order valence-electron chi connectivity index (χ4n) is 1.75. The molecule has 0 amide bonds. The summed E-state index contributed by atoms with van der Waals surface area (Å²) in [4.78, 5) is 2.43. The van der Waals surface area contributed by atoms with Gasteiger partial charge in [0, 0.05) is 18.8 Å². The van der Waals surface area contributed by atoms with E-state index in [2.05, 4.69) is 36.1 Å². The molecule has 1 aromatic rings. The molecule has 1 nitrogen and oxygen atoms in total. The van der Waals surface area contributed by atoms with Crippen LogP contribution < -0.4 is 4.90 Å². The third-order valence-electron chi connectivity index (χ3n) is 2.48. The molecule has 1 heterocycles. The second-order valence-corrected chi connectivity index (χ2v) is 3.60. The van der Waals surface area contributed by atoms with Crippen molar-refractivity contribution >= 4 is 5.69 Å². The molecule has 1 radical (unpaired) electrons. The van der Waals surface area contributed by atoms with Crippen LogP contribution in [0.5, 0.6) is 0 Å². The molecule has 12 heavy (non-hydrogen) atoms. The van der Waals surface area contributed by atoms with Gasteiger partial charge in [-0.25, -0.2) is 0 Å². The van der Waals surface area contributed by atoms with E-state index >= 15 is 0 Å². The van der Waals surface area contributed by atoms with Gasteiger partial charge in [-0.2, -0.15) is 0 Å².